The maximum absolute atomic E-state index is 12.7. The first-order valence-electron chi connectivity index (χ1n) is 8.21. The molecule has 0 bridgehead atoms. The summed E-state index contributed by atoms with van der Waals surface area (Å²) in [5.74, 6) is -0.213. The number of halogens is 3. The molecule has 0 saturated heterocycles. The predicted molar refractivity (Wildman–Crippen MR) is 100 cm³/mol. The number of hydrogen-bond acceptors (Lipinski definition) is 4. The van der Waals surface area contributed by atoms with Crippen molar-refractivity contribution in [3.05, 3.63) is 89.6 Å². The van der Waals surface area contributed by atoms with E-state index in [0.717, 1.165) is 24.0 Å². The summed E-state index contributed by atoms with van der Waals surface area (Å²) in [5, 5.41) is 6.78. The number of rotatable bonds is 5. The summed E-state index contributed by atoms with van der Waals surface area (Å²) in [6.07, 6.45) is -1.76. The van der Waals surface area contributed by atoms with Gasteiger partial charge in [0.2, 0.25) is 0 Å². The molecule has 0 fully saturated rings. The zero-order valence-corrected chi connectivity index (χ0v) is 14.4. The zero-order valence-electron chi connectivity index (χ0n) is 14.4. The third kappa shape index (κ3) is 4.94. The fourth-order valence-electron chi connectivity index (χ4n) is 2.37. The Bertz CT molecular complexity index is 988. The van der Waals surface area contributed by atoms with E-state index in [1.807, 2.05) is 30.3 Å². The van der Waals surface area contributed by atoms with Gasteiger partial charge in [-0.1, -0.05) is 30.3 Å². The molecule has 1 aromatic heterocycles. The lowest BCUT2D eigenvalue weighted by molar-refractivity contribution is -0.137. The van der Waals surface area contributed by atoms with Crippen molar-refractivity contribution in [1.82, 2.24) is 10.4 Å². The summed E-state index contributed by atoms with van der Waals surface area (Å²) in [5.41, 5.74) is 2.72. The number of amides is 1. The molecule has 3 rings (SSSR count). The van der Waals surface area contributed by atoms with Crippen molar-refractivity contribution >= 4 is 23.6 Å². The highest BCUT2D eigenvalue weighted by molar-refractivity contribution is 5.99. The number of benzene rings is 2. The minimum Gasteiger partial charge on any atom is -0.340 e. The molecule has 0 aliphatic heterocycles. The molecular formula is C20H15F3N4O. The van der Waals surface area contributed by atoms with Gasteiger partial charge in [-0.3, -0.25) is 4.79 Å². The maximum atomic E-state index is 12.7. The summed E-state index contributed by atoms with van der Waals surface area (Å²) < 4.78 is 38.2. The number of pyridine rings is 1. The van der Waals surface area contributed by atoms with Gasteiger partial charge in [0, 0.05) is 11.9 Å². The number of nitrogens with one attached hydrogen (secondary N) is 2. The smallest absolute Gasteiger partial charge is 0.340 e. The Morgan fingerprint density at radius 3 is 2.54 bits per heavy atom. The van der Waals surface area contributed by atoms with Crippen LogP contribution in [0.2, 0.25) is 0 Å². The Hall–Kier alpha value is -3.68. The molecule has 3 aromatic rings. The molecule has 0 radical (unpaired) electrons. The summed E-state index contributed by atoms with van der Waals surface area (Å²) >= 11 is 0. The average molecular weight is 384 g/mol. The Kier molecular flexibility index (Phi) is 5.69. The molecule has 2 aromatic carbocycles. The molecule has 0 spiro atoms. The fraction of sp³-hybridized carbons (Fsp3) is 0.0500. The molecule has 0 atom stereocenters. The van der Waals surface area contributed by atoms with Crippen LogP contribution in [-0.2, 0) is 6.18 Å². The van der Waals surface area contributed by atoms with Gasteiger partial charge in [-0.25, -0.2) is 10.4 Å². The standard InChI is InChI=1S/C20H15F3N4O/c21-20(22,23)15-7-4-6-14(12-15)13-25-27-19(28)17-10-5-11-24-18(17)26-16-8-2-1-3-9-16/h1-13H,(H,24,26)(H,27,28)/b25-13+. The zero-order chi connectivity index (χ0) is 20.0. The second kappa shape index (κ2) is 8.34. The van der Waals surface area contributed by atoms with E-state index in [1.165, 1.54) is 18.3 Å². The van der Waals surface area contributed by atoms with Gasteiger partial charge < -0.3 is 5.32 Å². The lowest BCUT2D eigenvalue weighted by Crippen LogP contribution is -2.19. The van der Waals surface area contributed by atoms with Gasteiger partial charge in [0.1, 0.15) is 5.82 Å². The summed E-state index contributed by atoms with van der Waals surface area (Å²) in [6.45, 7) is 0. The molecule has 0 unspecified atom stereocenters. The minimum atomic E-state index is -4.44. The fourth-order valence-corrected chi connectivity index (χ4v) is 2.37. The van der Waals surface area contributed by atoms with Crippen LogP contribution in [0, 0.1) is 0 Å². The average Bonchev–Trinajstić information content (AvgIpc) is 2.69. The topological polar surface area (TPSA) is 66.4 Å². The van der Waals surface area contributed by atoms with Crippen molar-refractivity contribution in [3.63, 3.8) is 0 Å². The number of para-hydroxylation sites is 1. The summed E-state index contributed by atoms with van der Waals surface area (Å²) in [4.78, 5) is 16.5. The lowest BCUT2D eigenvalue weighted by Gasteiger charge is -2.09. The molecule has 1 amide bonds. The van der Waals surface area contributed by atoms with E-state index >= 15 is 0 Å². The van der Waals surface area contributed by atoms with E-state index in [4.69, 9.17) is 0 Å². The third-order valence-corrected chi connectivity index (χ3v) is 3.68. The Balaban J connectivity index is 1.71. The van der Waals surface area contributed by atoms with Crippen molar-refractivity contribution in [2.24, 2.45) is 5.10 Å². The van der Waals surface area contributed by atoms with E-state index in [-0.39, 0.29) is 11.1 Å². The van der Waals surface area contributed by atoms with Crippen LogP contribution in [0.4, 0.5) is 24.7 Å². The summed E-state index contributed by atoms with van der Waals surface area (Å²) in [6, 6.07) is 17.0. The van der Waals surface area contributed by atoms with Crippen molar-refractivity contribution in [2.75, 3.05) is 5.32 Å². The van der Waals surface area contributed by atoms with Gasteiger partial charge >= 0.3 is 6.18 Å². The highest BCUT2D eigenvalue weighted by Crippen LogP contribution is 2.29. The van der Waals surface area contributed by atoms with Gasteiger partial charge in [-0.2, -0.15) is 18.3 Å². The Morgan fingerprint density at radius 1 is 1.00 bits per heavy atom. The molecule has 2 N–H and O–H groups in total. The molecule has 0 saturated carbocycles. The molecule has 0 aliphatic carbocycles. The highest BCUT2D eigenvalue weighted by atomic mass is 19.4. The van der Waals surface area contributed by atoms with Gasteiger partial charge in [0.25, 0.3) is 5.91 Å². The highest BCUT2D eigenvalue weighted by Gasteiger charge is 2.30. The van der Waals surface area contributed by atoms with Crippen molar-refractivity contribution in [2.45, 2.75) is 6.18 Å². The van der Waals surface area contributed by atoms with E-state index in [1.54, 1.807) is 12.1 Å². The Morgan fingerprint density at radius 2 is 1.79 bits per heavy atom. The first kappa shape index (κ1) is 19.1. The lowest BCUT2D eigenvalue weighted by atomic mass is 10.1. The van der Waals surface area contributed by atoms with E-state index in [0.29, 0.717) is 5.82 Å². The first-order valence-corrected chi connectivity index (χ1v) is 8.21. The minimum absolute atomic E-state index is 0.212. The monoisotopic (exact) mass is 384 g/mol. The number of hydrogen-bond donors (Lipinski definition) is 2. The molecular weight excluding hydrogens is 369 g/mol. The van der Waals surface area contributed by atoms with Crippen LogP contribution in [0.5, 0.6) is 0 Å². The number of nitrogens with zero attached hydrogens (tertiary/aromatic N) is 2. The molecule has 28 heavy (non-hydrogen) atoms. The van der Waals surface area contributed by atoms with Gasteiger partial charge in [0.05, 0.1) is 17.3 Å². The number of aromatic nitrogens is 1. The van der Waals surface area contributed by atoms with Gasteiger partial charge in [-0.05, 0) is 42.0 Å². The van der Waals surface area contributed by atoms with Crippen LogP contribution in [0.25, 0.3) is 0 Å². The molecule has 5 nitrogen and oxygen atoms in total. The largest absolute Gasteiger partial charge is 0.416 e. The van der Waals surface area contributed by atoms with Crippen molar-refractivity contribution < 1.29 is 18.0 Å². The second-order valence-electron chi connectivity index (χ2n) is 5.71. The van der Waals surface area contributed by atoms with Gasteiger partial charge in [0.15, 0.2) is 0 Å². The molecule has 0 aliphatic rings. The number of alkyl halides is 3. The van der Waals surface area contributed by atoms with Crippen LogP contribution in [0.3, 0.4) is 0 Å². The normalized spacial score (nSPS) is 11.4. The Labute approximate surface area is 158 Å². The first-order chi connectivity index (χ1) is 13.4. The molecule has 142 valence electrons. The third-order valence-electron chi connectivity index (χ3n) is 3.68. The van der Waals surface area contributed by atoms with Crippen LogP contribution >= 0.6 is 0 Å². The number of anilines is 2. The van der Waals surface area contributed by atoms with Crippen LogP contribution in [0.15, 0.2) is 78.0 Å². The van der Waals surface area contributed by atoms with E-state index in [2.05, 4.69) is 20.8 Å². The SMILES string of the molecule is O=C(N/N=C/c1cccc(C(F)(F)F)c1)c1cccnc1Nc1ccccc1. The predicted octanol–water partition coefficient (Wildman–Crippen LogP) is 4.61. The number of carbonyl (C=O) groups excluding carboxylic acids is 1. The molecule has 1 heterocycles. The second-order valence-corrected chi connectivity index (χ2v) is 5.71. The van der Waals surface area contributed by atoms with Crippen LogP contribution in [0.1, 0.15) is 21.5 Å². The van der Waals surface area contributed by atoms with E-state index in [9.17, 15) is 18.0 Å². The van der Waals surface area contributed by atoms with Gasteiger partial charge in [-0.15, -0.1) is 0 Å². The molecule has 8 heteroatoms. The number of carbonyl (C=O) groups is 1. The maximum Gasteiger partial charge on any atom is 0.416 e. The van der Waals surface area contributed by atoms with Crippen LogP contribution in [-0.4, -0.2) is 17.1 Å². The number of hydrazone groups is 1. The summed E-state index contributed by atoms with van der Waals surface area (Å²) in [7, 11) is 0. The van der Waals surface area contributed by atoms with Crippen molar-refractivity contribution in [1.29, 1.82) is 0 Å². The van der Waals surface area contributed by atoms with Crippen LogP contribution < -0.4 is 10.7 Å². The quantitative estimate of drug-likeness (QED) is 0.499. The van der Waals surface area contributed by atoms with Crippen molar-refractivity contribution in [3.8, 4) is 0 Å². The van der Waals surface area contributed by atoms with E-state index < -0.39 is 17.6 Å².